The van der Waals surface area contributed by atoms with E-state index in [1.54, 1.807) is 24.3 Å². The highest BCUT2D eigenvalue weighted by Crippen LogP contribution is 2.38. The molecule has 1 N–H and O–H groups in total. The minimum atomic E-state index is -4.74. The number of carbonyl (C=O) groups excluding carboxylic acids is 1. The molecule has 0 unspecified atom stereocenters. The maximum Gasteiger partial charge on any atom is 0.417 e. The quantitative estimate of drug-likeness (QED) is 0.385. The van der Waals surface area contributed by atoms with Gasteiger partial charge in [0.05, 0.1) is 29.4 Å². The van der Waals surface area contributed by atoms with Crippen LogP contribution < -0.4 is 14.8 Å². The van der Waals surface area contributed by atoms with Crippen molar-refractivity contribution < 1.29 is 31.8 Å². The van der Waals surface area contributed by atoms with E-state index in [-0.39, 0.29) is 29.0 Å². The monoisotopic (exact) mass is 488 g/mol. The molecule has 0 radical (unpaired) electrons. The number of hydrogen-bond acceptors (Lipinski definition) is 5. The van der Waals surface area contributed by atoms with Gasteiger partial charge < -0.3 is 14.8 Å². The van der Waals surface area contributed by atoms with Crippen LogP contribution in [0, 0.1) is 12.7 Å². The van der Waals surface area contributed by atoms with E-state index in [0.717, 1.165) is 22.4 Å². The molecule has 35 heavy (non-hydrogen) atoms. The number of aromatic nitrogens is 3. The van der Waals surface area contributed by atoms with E-state index in [1.165, 1.54) is 32.2 Å². The number of aryl methyl sites for hydroxylation is 1. The van der Waals surface area contributed by atoms with Gasteiger partial charge in [0.2, 0.25) is 5.88 Å². The second-order valence-corrected chi connectivity index (χ2v) is 7.59. The Labute approximate surface area is 197 Å². The summed E-state index contributed by atoms with van der Waals surface area (Å²) in [4.78, 5) is 16.4. The summed E-state index contributed by atoms with van der Waals surface area (Å²) >= 11 is 0. The molecule has 4 rings (SSSR count). The number of rotatable bonds is 7. The van der Waals surface area contributed by atoms with E-state index in [1.807, 2.05) is 0 Å². The second kappa shape index (κ2) is 9.61. The number of amides is 1. The van der Waals surface area contributed by atoms with Gasteiger partial charge in [0.25, 0.3) is 5.91 Å². The van der Waals surface area contributed by atoms with Crippen LogP contribution in [-0.2, 0) is 17.5 Å². The van der Waals surface area contributed by atoms with Crippen LogP contribution in [-0.4, -0.2) is 34.4 Å². The smallest absolute Gasteiger partial charge is 0.417 e. The minimum absolute atomic E-state index is 0.0628. The largest absolute Gasteiger partial charge is 0.497 e. The molecule has 4 aromatic rings. The Hall–Kier alpha value is -4.15. The molecule has 11 heteroatoms. The highest BCUT2D eigenvalue weighted by molar-refractivity contribution is 5.85. The summed E-state index contributed by atoms with van der Waals surface area (Å²) in [7, 11) is 1.54. The van der Waals surface area contributed by atoms with Gasteiger partial charge in [0.1, 0.15) is 11.6 Å². The third kappa shape index (κ3) is 5.34. The number of carbonyl (C=O) groups is 1. The lowest BCUT2D eigenvalue weighted by Gasteiger charge is -2.12. The van der Waals surface area contributed by atoms with E-state index in [0.29, 0.717) is 5.75 Å². The molecule has 0 aliphatic carbocycles. The molecule has 7 nitrogen and oxygen atoms in total. The van der Waals surface area contributed by atoms with Gasteiger partial charge in [0, 0.05) is 12.6 Å². The van der Waals surface area contributed by atoms with E-state index in [9.17, 15) is 22.4 Å². The van der Waals surface area contributed by atoms with E-state index in [4.69, 9.17) is 9.47 Å². The Balaban J connectivity index is 1.58. The van der Waals surface area contributed by atoms with Crippen LogP contribution in [0.4, 0.5) is 17.6 Å². The molecule has 0 saturated carbocycles. The lowest BCUT2D eigenvalue weighted by Crippen LogP contribution is -2.28. The average Bonchev–Trinajstić information content (AvgIpc) is 3.17. The minimum Gasteiger partial charge on any atom is -0.497 e. The van der Waals surface area contributed by atoms with Crippen molar-refractivity contribution in [2.45, 2.75) is 19.6 Å². The Morgan fingerprint density at radius 3 is 2.51 bits per heavy atom. The Morgan fingerprint density at radius 1 is 1.11 bits per heavy atom. The number of fused-ring (bicyclic) bond motifs is 1. The Kier molecular flexibility index (Phi) is 6.59. The molecule has 0 bridgehead atoms. The van der Waals surface area contributed by atoms with Gasteiger partial charge in [0.15, 0.2) is 12.3 Å². The van der Waals surface area contributed by atoms with Crippen LogP contribution in [0.15, 0.2) is 54.6 Å². The van der Waals surface area contributed by atoms with Gasteiger partial charge in [-0.25, -0.2) is 9.07 Å². The van der Waals surface area contributed by atoms with Crippen molar-refractivity contribution in [2.24, 2.45) is 0 Å². The highest BCUT2D eigenvalue weighted by atomic mass is 19.4. The van der Waals surface area contributed by atoms with Gasteiger partial charge in [-0.15, -0.1) is 0 Å². The number of methoxy groups -OCH3 is 1. The van der Waals surface area contributed by atoms with Crippen molar-refractivity contribution in [3.63, 3.8) is 0 Å². The first-order valence-electron chi connectivity index (χ1n) is 10.4. The van der Waals surface area contributed by atoms with Crippen LogP contribution in [0.3, 0.4) is 0 Å². The summed E-state index contributed by atoms with van der Waals surface area (Å²) in [6.45, 7) is 1.04. The standard InChI is InChI=1S/C24H20F4N4O3/c1-14-22-19(24(26,27)28)11-21(30-23(22)32(31-14)17-5-3-4-16(25)10-17)35-13-20(33)29-12-15-6-8-18(34-2)9-7-15/h3-11H,12-13H2,1-2H3,(H,29,33). The van der Waals surface area contributed by atoms with Crippen molar-refractivity contribution in [1.29, 1.82) is 0 Å². The van der Waals surface area contributed by atoms with Crippen molar-refractivity contribution in [2.75, 3.05) is 13.7 Å². The van der Waals surface area contributed by atoms with Gasteiger partial charge in [-0.05, 0) is 42.8 Å². The summed E-state index contributed by atoms with van der Waals surface area (Å²) in [5, 5.41) is 6.52. The molecular weight excluding hydrogens is 468 g/mol. The van der Waals surface area contributed by atoms with Crippen molar-refractivity contribution in [1.82, 2.24) is 20.1 Å². The predicted molar refractivity (Wildman–Crippen MR) is 119 cm³/mol. The molecule has 0 spiro atoms. The molecule has 0 aliphatic heterocycles. The molecule has 2 aromatic heterocycles. The van der Waals surface area contributed by atoms with Gasteiger partial charge >= 0.3 is 6.18 Å². The van der Waals surface area contributed by atoms with Crippen LogP contribution in [0.1, 0.15) is 16.8 Å². The zero-order chi connectivity index (χ0) is 25.2. The topological polar surface area (TPSA) is 78.3 Å². The Bertz CT molecular complexity index is 1370. The molecule has 1 amide bonds. The van der Waals surface area contributed by atoms with Crippen molar-refractivity contribution in [3.8, 4) is 17.3 Å². The maximum absolute atomic E-state index is 13.8. The highest BCUT2D eigenvalue weighted by Gasteiger charge is 2.36. The number of ether oxygens (including phenoxy) is 2. The van der Waals surface area contributed by atoms with Crippen LogP contribution >= 0.6 is 0 Å². The zero-order valence-electron chi connectivity index (χ0n) is 18.7. The summed E-state index contributed by atoms with van der Waals surface area (Å²) in [5.41, 5.74) is -0.133. The third-order valence-electron chi connectivity index (χ3n) is 5.15. The zero-order valence-corrected chi connectivity index (χ0v) is 18.7. The third-order valence-corrected chi connectivity index (χ3v) is 5.15. The molecule has 0 aliphatic rings. The van der Waals surface area contributed by atoms with E-state index >= 15 is 0 Å². The summed E-state index contributed by atoms with van der Waals surface area (Å²) in [6.07, 6.45) is -4.74. The fourth-order valence-electron chi connectivity index (χ4n) is 3.49. The molecule has 0 saturated heterocycles. The lowest BCUT2D eigenvalue weighted by atomic mass is 10.1. The number of nitrogens with one attached hydrogen (secondary N) is 1. The molecular formula is C24H20F4N4O3. The van der Waals surface area contributed by atoms with Gasteiger partial charge in [-0.2, -0.15) is 23.3 Å². The van der Waals surface area contributed by atoms with Gasteiger partial charge in [-0.1, -0.05) is 18.2 Å². The first-order valence-corrected chi connectivity index (χ1v) is 10.4. The lowest BCUT2D eigenvalue weighted by molar-refractivity contribution is -0.136. The fourth-order valence-corrected chi connectivity index (χ4v) is 3.49. The number of benzene rings is 2. The second-order valence-electron chi connectivity index (χ2n) is 7.59. The van der Waals surface area contributed by atoms with Gasteiger partial charge in [-0.3, -0.25) is 4.79 Å². The molecule has 0 fully saturated rings. The van der Waals surface area contributed by atoms with Crippen LogP contribution in [0.5, 0.6) is 11.6 Å². The van der Waals surface area contributed by atoms with E-state index < -0.39 is 36.0 Å². The summed E-state index contributed by atoms with van der Waals surface area (Å²) in [5.74, 6) is -0.882. The summed E-state index contributed by atoms with van der Waals surface area (Å²) in [6, 6.07) is 13.0. The average molecular weight is 488 g/mol. The van der Waals surface area contributed by atoms with Crippen LogP contribution in [0.2, 0.25) is 0 Å². The molecule has 2 aromatic carbocycles. The number of pyridine rings is 1. The first kappa shape index (κ1) is 24.0. The first-order chi connectivity index (χ1) is 16.7. The van der Waals surface area contributed by atoms with Crippen molar-refractivity contribution in [3.05, 3.63) is 77.2 Å². The Morgan fingerprint density at radius 2 is 1.86 bits per heavy atom. The van der Waals surface area contributed by atoms with Crippen molar-refractivity contribution >= 4 is 16.9 Å². The maximum atomic E-state index is 13.8. The predicted octanol–water partition coefficient (Wildman–Crippen LogP) is 4.59. The molecule has 0 atom stereocenters. The normalized spacial score (nSPS) is 11.5. The van der Waals surface area contributed by atoms with Crippen LogP contribution in [0.25, 0.3) is 16.7 Å². The fraction of sp³-hybridized carbons (Fsp3) is 0.208. The number of nitrogens with zero attached hydrogens (tertiary/aromatic N) is 3. The molecule has 182 valence electrons. The summed E-state index contributed by atoms with van der Waals surface area (Å²) < 4.78 is 66.8. The molecule has 2 heterocycles. The van der Waals surface area contributed by atoms with E-state index in [2.05, 4.69) is 15.4 Å². The SMILES string of the molecule is COc1ccc(CNC(=O)COc2cc(C(F)(F)F)c3c(C)nn(-c4cccc(F)c4)c3n2)cc1. The number of halogens is 4. The number of alkyl halides is 3. The number of hydrogen-bond donors (Lipinski definition) is 1.